The number of hydrogen-bond donors (Lipinski definition) is 0. The van der Waals surface area contributed by atoms with Gasteiger partial charge in [0.15, 0.2) is 6.29 Å². The van der Waals surface area contributed by atoms with E-state index in [9.17, 15) is 0 Å². The summed E-state index contributed by atoms with van der Waals surface area (Å²) in [6.07, 6.45) is 1.75. The molecular formula is C11H15BO4S. The monoisotopic (exact) mass is 254 g/mol. The van der Waals surface area contributed by atoms with Gasteiger partial charge in [-0.05, 0) is 18.9 Å². The van der Waals surface area contributed by atoms with E-state index in [-0.39, 0.29) is 13.4 Å². The van der Waals surface area contributed by atoms with E-state index in [1.54, 1.807) is 11.3 Å². The van der Waals surface area contributed by atoms with E-state index >= 15 is 0 Å². The lowest BCUT2D eigenvalue weighted by Crippen LogP contribution is -2.39. The Hall–Kier alpha value is -0.395. The lowest BCUT2D eigenvalue weighted by Gasteiger charge is -2.22. The summed E-state index contributed by atoms with van der Waals surface area (Å²) >= 11 is 1.65. The third-order valence-corrected chi connectivity index (χ3v) is 3.89. The van der Waals surface area contributed by atoms with Gasteiger partial charge < -0.3 is 18.8 Å². The van der Waals surface area contributed by atoms with Crippen LogP contribution in [-0.2, 0) is 18.8 Å². The molecule has 0 bridgehead atoms. The van der Waals surface area contributed by atoms with Gasteiger partial charge in [-0.25, -0.2) is 0 Å². The molecule has 1 aromatic heterocycles. The minimum atomic E-state index is -0.203. The molecule has 2 aliphatic heterocycles. The van der Waals surface area contributed by atoms with E-state index in [0.29, 0.717) is 0 Å². The summed E-state index contributed by atoms with van der Waals surface area (Å²) in [5.74, 6) is 0. The Balaban J connectivity index is 1.68. The molecule has 0 aliphatic carbocycles. The zero-order chi connectivity index (χ0) is 11.5. The zero-order valence-electron chi connectivity index (χ0n) is 9.59. The van der Waals surface area contributed by atoms with E-state index in [0.717, 1.165) is 48.9 Å². The van der Waals surface area contributed by atoms with Crippen LogP contribution in [0.4, 0.5) is 0 Å². The van der Waals surface area contributed by atoms with Crippen LogP contribution in [0.2, 0.25) is 0 Å². The second-order valence-corrected chi connectivity index (χ2v) is 5.24. The van der Waals surface area contributed by atoms with Gasteiger partial charge in [0, 0.05) is 18.0 Å². The van der Waals surface area contributed by atoms with Crippen molar-refractivity contribution in [3.63, 3.8) is 0 Å². The van der Waals surface area contributed by atoms with Crippen LogP contribution < -0.4 is 4.78 Å². The molecule has 17 heavy (non-hydrogen) atoms. The summed E-state index contributed by atoms with van der Waals surface area (Å²) in [5.41, 5.74) is 0. The molecular weight excluding hydrogens is 239 g/mol. The van der Waals surface area contributed by atoms with Crippen molar-refractivity contribution in [3.8, 4) is 0 Å². The van der Waals surface area contributed by atoms with Crippen molar-refractivity contribution in [1.29, 1.82) is 0 Å². The van der Waals surface area contributed by atoms with Crippen molar-refractivity contribution < 1.29 is 18.8 Å². The van der Waals surface area contributed by atoms with Crippen LogP contribution in [-0.4, -0.2) is 33.5 Å². The van der Waals surface area contributed by atoms with Crippen LogP contribution in [0.5, 0.6) is 0 Å². The van der Waals surface area contributed by atoms with Gasteiger partial charge in [-0.3, -0.25) is 0 Å². The van der Waals surface area contributed by atoms with Crippen molar-refractivity contribution in [2.45, 2.75) is 19.1 Å². The fraction of sp³-hybridized carbons (Fsp3) is 0.636. The van der Waals surface area contributed by atoms with Crippen molar-refractivity contribution in [1.82, 2.24) is 0 Å². The van der Waals surface area contributed by atoms with Gasteiger partial charge in [-0.1, -0.05) is 6.07 Å². The highest BCUT2D eigenvalue weighted by Gasteiger charge is 2.28. The highest BCUT2D eigenvalue weighted by atomic mass is 32.1. The molecule has 2 fully saturated rings. The molecule has 0 amide bonds. The van der Waals surface area contributed by atoms with Gasteiger partial charge in [0.1, 0.15) is 0 Å². The van der Waals surface area contributed by atoms with Gasteiger partial charge in [0.05, 0.1) is 18.1 Å². The number of thiophene rings is 1. The van der Waals surface area contributed by atoms with Gasteiger partial charge in [-0.15, -0.1) is 11.3 Å². The Morgan fingerprint density at radius 1 is 1.00 bits per heavy atom. The first kappa shape index (κ1) is 11.7. The molecule has 4 nitrogen and oxygen atoms in total. The van der Waals surface area contributed by atoms with Crippen molar-refractivity contribution >= 4 is 23.2 Å². The molecule has 2 saturated heterocycles. The molecule has 0 unspecified atom stereocenters. The minimum absolute atomic E-state index is 0.203. The van der Waals surface area contributed by atoms with Gasteiger partial charge in [0.25, 0.3) is 0 Å². The molecule has 3 heterocycles. The van der Waals surface area contributed by atoms with Crippen LogP contribution in [0.15, 0.2) is 12.1 Å². The Labute approximate surface area is 105 Å². The second kappa shape index (κ2) is 5.50. The van der Waals surface area contributed by atoms with E-state index in [4.69, 9.17) is 18.8 Å². The maximum atomic E-state index is 5.57. The number of rotatable bonds is 2. The van der Waals surface area contributed by atoms with Crippen LogP contribution in [0.3, 0.4) is 0 Å². The predicted octanol–water partition coefficient (Wildman–Crippen LogP) is 1.32. The largest absolute Gasteiger partial charge is 0.504 e. The summed E-state index contributed by atoms with van der Waals surface area (Å²) in [5, 5.41) is 0. The number of ether oxygens (including phenoxy) is 2. The first-order valence-electron chi connectivity index (χ1n) is 5.99. The summed E-state index contributed by atoms with van der Waals surface area (Å²) < 4.78 is 23.4. The molecule has 6 heteroatoms. The highest BCUT2D eigenvalue weighted by Crippen LogP contribution is 2.26. The topological polar surface area (TPSA) is 36.9 Å². The van der Waals surface area contributed by atoms with E-state index < -0.39 is 0 Å². The normalized spacial score (nSPS) is 22.9. The molecule has 0 spiro atoms. The first-order chi connectivity index (χ1) is 8.43. The third kappa shape index (κ3) is 2.72. The van der Waals surface area contributed by atoms with E-state index in [1.165, 1.54) is 0 Å². The predicted molar refractivity (Wildman–Crippen MR) is 65.5 cm³/mol. The zero-order valence-corrected chi connectivity index (χ0v) is 10.4. The second-order valence-electron chi connectivity index (χ2n) is 4.09. The molecule has 3 rings (SSSR count). The Kier molecular flexibility index (Phi) is 3.78. The smallest absolute Gasteiger partial charge is 0.407 e. The van der Waals surface area contributed by atoms with Crippen LogP contribution in [0.1, 0.15) is 24.0 Å². The Morgan fingerprint density at radius 2 is 1.71 bits per heavy atom. The third-order valence-electron chi connectivity index (χ3n) is 2.77. The fourth-order valence-electron chi connectivity index (χ4n) is 1.93. The number of hydrogen-bond acceptors (Lipinski definition) is 5. The van der Waals surface area contributed by atoms with Crippen LogP contribution in [0.25, 0.3) is 0 Å². The van der Waals surface area contributed by atoms with Gasteiger partial charge in [0.2, 0.25) is 0 Å². The minimum Gasteiger partial charge on any atom is -0.407 e. The summed E-state index contributed by atoms with van der Waals surface area (Å²) in [6, 6.07) is 4.08. The molecule has 92 valence electrons. The highest BCUT2D eigenvalue weighted by molar-refractivity contribution is 7.22. The average molecular weight is 254 g/mol. The first-order valence-corrected chi connectivity index (χ1v) is 6.81. The lowest BCUT2D eigenvalue weighted by atomic mass is 9.86. The maximum Gasteiger partial charge on any atom is 0.504 e. The van der Waals surface area contributed by atoms with Crippen molar-refractivity contribution in [3.05, 3.63) is 17.0 Å². The van der Waals surface area contributed by atoms with E-state index in [2.05, 4.69) is 0 Å². The molecule has 1 aromatic rings. The Morgan fingerprint density at radius 3 is 2.47 bits per heavy atom. The summed E-state index contributed by atoms with van der Waals surface area (Å²) in [7, 11) is -0.203. The molecule has 0 saturated carbocycles. The van der Waals surface area contributed by atoms with E-state index in [1.807, 2.05) is 12.1 Å². The molecule has 0 N–H and O–H groups in total. The molecule has 2 aliphatic rings. The van der Waals surface area contributed by atoms with Crippen LogP contribution >= 0.6 is 11.3 Å². The van der Waals surface area contributed by atoms with Crippen molar-refractivity contribution in [2.24, 2.45) is 0 Å². The lowest BCUT2D eigenvalue weighted by molar-refractivity contribution is -0.181. The van der Waals surface area contributed by atoms with Crippen LogP contribution in [0, 0.1) is 0 Å². The summed E-state index contributed by atoms with van der Waals surface area (Å²) in [4.78, 5) is 1.09. The molecule has 0 radical (unpaired) electrons. The Bertz CT molecular complexity index is 326. The molecule has 0 atom stereocenters. The standard InChI is InChI=1S/C11H15BO4S/c1-5-13-11(14-6-1)9-3-4-10(17-9)12-15-7-2-8-16-12/h3-4,11H,1-2,5-8H2. The maximum absolute atomic E-state index is 5.57. The quantitative estimate of drug-likeness (QED) is 0.746. The molecule has 0 aromatic carbocycles. The average Bonchev–Trinajstić information content (AvgIpc) is 2.90. The summed E-state index contributed by atoms with van der Waals surface area (Å²) in [6.45, 7) is 3.09. The fourth-order valence-corrected chi connectivity index (χ4v) is 2.93. The van der Waals surface area contributed by atoms with Crippen molar-refractivity contribution in [2.75, 3.05) is 26.4 Å². The van der Waals surface area contributed by atoms with Gasteiger partial charge in [-0.2, -0.15) is 0 Å². The SMILES string of the molecule is c1cc(C2OCCCO2)sc1B1OCCCO1. The van der Waals surface area contributed by atoms with Gasteiger partial charge >= 0.3 is 7.12 Å².